The van der Waals surface area contributed by atoms with E-state index < -0.39 is 24.4 Å². The fraction of sp³-hybridized carbons (Fsp3) is 1.00. The molecule has 1 fully saturated rings. The Balaban J connectivity index is 2.53. The maximum absolute atomic E-state index is 9.11. The van der Waals surface area contributed by atoms with Gasteiger partial charge < -0.3 is 25.2 Å². The standard InChI is InChI=1S/C6H12O5/c7-1-3-5(9)6(10)4(2-8)11-3/h3-10H,1-2H2/t3-,4?,5+,6?/m1/s1. The first-order valence-corrected chi connectivity index (χ1v) is 3.44. The van der Waals surface area contributed by atoms with Crippen molar-refractivity contribution in [2.45, 2.75) is 24.4 Å². The van der Waals surface area contributed by atoms with Gasteiger partial charge >= 0.3 is 0 Å². The van der Waals surface area contributed by atoms with Crippen LogP contribution in [0.25, 0.3) is 0 Å². The molecule has 0 amide bonds. The van der Waals surface area contributed by atoms with Crippen LogP contribution in [0.3, 0.4) is 0 Å². The fourth-order valence-corrected chi connectivity index (χ4v) is 1.13. The molecule has 0 radical (unpaired) electrons. The molecular weight excluding hydrogens is 152 g/mol. The molecule has 4 N–H and O–H groups in total. The molecular formula is C6H12O5. The Kier molecular flexibility index (Phi) is 2.80. The highest BCUT2D eigenvalue weighted by atomic mass is 16.6. The summed E-state index contributed by atoms with van der Waals surface area (Å²) in [6.45, 7) is -0.705. The zero-order chi connectivity index (χ0) is 8.43. The Morgan fingerprint density at radius 2 is 1.27 bits per heavy atom. The van der Waals surface area contributed by atoms with Gasteiger partial charge in [0.1, 0.15) is 24.4 Å². The van der Waals surface area contributed by atoms with Crippen LogP contribution >= 0.6 is 0 Å². The Morgan fingerprint density at radius 1 is 0.909 bits per heavy atom. The summed E-state index contributed by atoms with van der Waals surface area (Å²) in [6.07, 6.45) is -3.75. The molecule has 2 unspecified atom stereocenters. The number of ether oxygens (including phenoxy) is 1. The predicted octanol–water partition coefficient (Wildman–Crippen LogP) is -2.54. The van der Waals surface area contributed by atoms with Crippen LogP contribution in [0.5, 0.6) is 0 Å². The Morgan fingerprint density at radius 3 is 1.45 bits per heavy atom. The molecule has 0 saturated carbocycles. The second-order valence-electron chi connectivity index (χ2n) is 2.56. The SMILES string of the molecule is OCC1O[C@H](CO)[C@H](O)C1O. The van der Waals surface area contributed by atoms with Crippen molar-refractivity contribution in [3.05, 3.63) is 0 Å². The largest absolute Gasteiger partial charge is 0.394 e. The van der Waals surface area contributed by atoms with Crippen molar-refractivity contribution < 1.29 is 25.2 Å². The first-order valence-electron chi connectivity index (χ1n) is 3.44. The summed E-state index contributed by atoms with van der Waals surface area (Å²) in [5.74, 6) is 0. The number of hydrogen-bond acceptors (Lipinski definition) is 5. The Hall–Kier alpha value is -0.200. The van der Waals surface area contributed by atoms with Gasteiger partial charge in [-0.1, -0.05) is 0 Å². The molecule has 0 spiro atoms. The molecule has 1 aliphatic rings. The van der Waals surface area contributed by atoms with E-state index in [1.165, 1.54) is 0 Å². The van der Waals surface area contributed by atoms with E-state index in [1.807, 2.05) is 0 Å². The lowest BCUT2D eigenvalue weighted by Crippen LogP contribution is -2.34. The molecule has 5 nitrogen and oxygen atoms in total. The molecule has 1 heterocycles. The molecule has 0 aromatic heterocycles. The van der Waals surface area contributed by atoms with Crippen molar-refractivity contribution >= 4 is 0 Å². The molecule has 0 aromatic rings. The van der Waals surface area contributed by atoms with Gasteiger partial charge in [-0.3, -0.25) is 0 Å². The summed E-state index contributed by atoms with van der Waals surface area (Å²) in [5.41, 5.74) is 0. The van der Waals surface area contributed by atoms with Crippen LogP contribution in [0.15, 0.2) is 0 Å². The lowest BCUT2D eigenvalue weighted by molar-refractivity contribution is -0.0395. The van der Waals surface area contributed by atoms with Crippen molar-refractivity contribution in [3.63, 3.8) is 0 Å². The molecule has 5 heteroatoms. The molecule has 66 valence electrons. The van der Waals surface area contributed by atoms with Gasteiger partial charge in [-0.15, -0.1) is 0 Å². The smallest absolute Gasteiger partial charge is 0.111 e. The van der Waals surface area contributed by atoms with Crippen LogP contribution in [0, 0.1) is 0 Å². The monoisotopic (exact) mass is 164 g/mol. The first-order chi connectivity index (χ1) is 5.20. The van der Waals surface area contributed by atoms with Crippen LogP contribution in [-0.2, 0) is 4.74 Å². The van der Waals surface area contributed by atoms with E-state index in [9.17, 15) is 0 Å². The quantitative estimate of drug-likeness (QED) is 0.361. The fourth-order valence-electron chi connectivity index (χ4n) is 1.13. The third-order valence-corrected chi connectivity index (χ3v) is 1.82. The van der Waals surface area contributed by atoms with Crippen LogP contribution < -0.4 is 0 Å². The minimum Gasteiger partial charge on any atom is -0.394 e. The second kappa shape index (κ2) is 3.46. The molecule has 4 atom stereocenters. The van der Waals surface area contributed by atoms with Crippen molar-refractivity contribution in [1.29, 1.82) is 0 Å². The molecule has 0 aliphatic carbocycles. The van der Waals surface area contributed by atoms with Crippen LogP contribution in [0.1, 0.15) is 0 Å². The normalized spacial score (nSPS) is 44.7. The van der Waals surface area contributed by atoms with Gasteiger partial charge in [0.05, 0.1) is 13.2 Å². The first kappa shape index (κ1) is 8.89. The highest BCUT2D eigenvalue weighted by Crippen LogP contribution is 2.20. The minimum atomic E-state index is -1.10. The van der Waals surface area contributed by atoms with Crippen molar-refractivity contribution in [1.82, 2.24) is 0 Å². The van der Waals surface area contributed by atoms with Crippen LogP contribution in [-0.4, -0.2) is 58.1 Å². The van der Waals surface area contributed by atoms with Gasteiger partial charge in [0.25, 0.3) is 0 Å². The average Bonchev–Trinajstić information content (AvgIpc) is 2.30. The van der Waals surface area contributed by atoms with Gasteiger partial charge in [0.2, 0.25) is 0 Å². The lowest BCUT2D eigenvalue weighted by atomic mass is 10.1. The van der Waals surface area contributed by atoms with Crippen molar-refractivity contribution in [2.24, 2.45) is 0 Å². The maximum atomic E-state index is 9.11. The highest BCUT2D eigenvalue weighted by molar-refractivity contribution is 4.89. The van der Waals surface area contributed by atoms with Gasteiger partial charge in [0, 0.05) is 0 Å². The van der Waals surface area contributed by atoms with Crippen LogP contribution in [0.4, 0.5) is 0 Å². The summed E-state index contributed by atoms with van der Waals surface area (Å²) < 4.78 is 4.88. The summed E-state index contributed by atoms with van der Waals surface area (Å²) in [7, 11) is 0. The molecule has 11 heavy (non-hydrogen) atoms. The van der Waals surface area contributed by atoms with Crippen molar-refractivity contribution in [2.75, 3.05) is 13.2 Å². The zero-order valence-corrected chi connectivity index (χ0v) is 5.92. The topological polar surface area (TPSA) is 90.2 Å². The van der Waals surface area contributed by atoms with Gasteiger partial charge in [-0.05, 0) is 0 Å². The van der Waals surface area contributed by atoms with E-state index in [0.717, 1.165) is 0 Å². The maximum Gasteiger partial charge on any atom is 0.111 e. The number of aliphatic hydroxyl groups is 4. The summed E-state index contributed by atoms with van der Waals surface area (Å²) >= 11 is 0. The highest BCUT2D eigenvalue weighted by Gasteiger charge is 2.41. The van der Waals surface area contributed by atoms with Crippen molar-refractivity contribution in [3.8, 4) is 0 Å². The van der Waals surface area contributed by atoms with E-state index in [2.05, 4.69) is 0 Å². The third-order valence-electron chi connectivity index (χ3n) is 1.82. The molecule has 1 aliphatic heterocycles. The Bertz CT molecular complexity index is 110. The van der Waals surface area contributed by atoms with E-state index in [0.29, 0.717) is 0 Å². The summed E-state index contributed by atoms with van der Waals surface area (Å²) in [5, 5.41) is 35.4. The average molecular weight is 164 g/mol. The molecule has 0 bridgehead atoms. The second-order valence-corrected chi connectivity index (χ2v) is 2.56. The summed E-state index contributed by atoms with van der Waals surface area (Å²) in [4.78, 5) is 0. The lowest BCUT2D eigenvalue weighted by Gasteiger charge is -2.10. The van der Waals surface area contributed by atoms with E-state index >= 15 is 0 Å². The van der Waals surface area contributed by atoms with E-state index in [1.54, 1.807) is 0 Å². The van der Waals surface area contributed by atoms with Gasteiger partial charge in [-0.25, -0.2) is 0 Å². The van der Waals surface area contributed by atoms with Gasteiger partial charge in [0.15, 0.2) is 0 Å². The number of aliphatic hydroxyl groups excluding tert-OH is 4. The molecule has 1 rings (SSSR count). The molecule has 0 aromatic carbocycles. The predicted molar refractivity (Wildman–Crippen MR) is 34.8 cm³/mol. The number of rotatable bonds is 2. The Labute approximate surface area is 63.8 Å². The van der Waals surface area contributed by atoms with E-state index in [4.69, 9.17) is 25.2 Å². The minimum absolute atomic E-state index is 0.352. The third kappa shape index (κ3) is 1.52. The van der Waals surface area contributed by atoms with E-state index in [-0.39, 0.29) is 13.2 Å². The van der Waals surface area contributed by atoms with Crippen LogP contribution in [0.2, 0.25) is 0 Å². The van der Waals surface area contributed by atoms with Gasteiger partial charge in [-0.2, -0.15) is 0 Å². The summed E-state index contributed by atoms with van der Waals surface area (Å²) in [6, 6.07) is 0. The number of hydrogen-bond donors (Lipinski definition) is 4. The molecule has 1 saturated heterocycles. The zero-order valence-electron chi connectivity index (χ0n) is 5.92.